The van der Waals surface area contributed by atoms with Crippen LogP contribution >= 0.6 is 0 Å². The Hall–Kier alpha value is -2.27. The lowest BCUT2D eigenvalue weighted by Gasteiger charge is -2.06. The average Bonchev–Trinajstić information content (AvgIpc) is 2.85. The number of aryl methyl sites for hydroxylation is 1. The number of H-pyrrole nitrogens is 1. The van der Waals surface area contributed by atoms with E-state index in [1.165, 1.54) is 24.3 Å². The maximum absolute atomic E-state index is 14.2. The molecule has 0 atom stereocenters. The highest BCUT2D eigenvalue weighted by Gasteiger charge is 2.16. The monoisotopic (exact) mass is 318 g/mol. The van der Waals surface area contributed by atoms with Crippen LogP contribution in [-0.4, -0.2) is 11.5 Å². The van der Waals surface area contributed by atoms with Crippen LogP contribution in [0.5, 0.6) is 0 Å². The minimum absolute atomic E-state index is 0.283. The fourth-order valence-electron chi connectivity index (χ4n) is 2.85. The SMILES string of the molecule is NCCCCc1c(-c2ccc(F)cc2F)[nH]c2ccc(F)cc12. The molecule has 1 aromatic heterocycles. The Bertz CT molecular complexity index is 840. The van der Waals surface area contributed by atoms with E-state index < -0.39 is 11.6 Å². The van der Waals surface area contributed by atoms with Gasteiger partial charge in [-0.2, -0.15) is 0 Å². The summed E-state index contributed by atoms with van der Waals surface area (Å²) in [5.74, 6) is -1.61. The molecule has 0 amide bonds. The second-order valence-electron chi connectivity index (χ2n) is 5.54. The van der Waals surface area contributed by atoms with Gasteiger partial charge in [0.2, 0.25) is 0 Å². The topological polar surface area (TPSA) is 41.8 Å². The van der Waals surface area contributed by atoms with E-state index in [2.05, 4.69) is 4.98 Å². The van der Waals surface area contributed by atoms with E-state index in [0.717, 1.165) is 35.4 Å². The largest absolute Gasteiger partial charge is 0.354 e. The van der Waals surface area contributed by atoms with Crippen LogP contribution in [0.2, 0.25) is 0 Å². The van der Waals surface area contributed by atoms with Crippen molar-refractivity contribution >= 4 is 10.9 Å². The first-order valence-electron chi connectivity index (χ1n) is 7.55. The lowest BCUT2D eigenvalue weighted by molar-refractivity contribution is 0.585. The molecule has 0 radical (unpaired) electrons. The van der Waals surface area contributed by atoms with Gasteiger partial charge in [0.1, 0.15) is 17.5 Å². The number of aromatic amines is 1. The molecule has 2 aromatic carbocycles. The molecule has 0 saturated carbocycles. The van der Waals surface area contributed by atoms with Crippen molar-refractivity contribution in [2.75, 3.05) is 6.54 Å². The van der Waals surface area contributed by atoms with Gasteiger partial charge in [0.05, 0.1) is 5.69 Å². The molecule has 5 heteroatoms. The summed E-state index contributed by atoms with van der Waals surface area (Å²) in [6, 6.07) is 7.89. The Balaban J connectivity index is 2.16. The van der Waals surface area contributed by atoms with Crippen LogP contribution in [0.25, 0.3) is 22.2 Å². The van der Waals surface area contributed by atoms with E-state index in [9.17, 15) is 13.2 Å². The molecule has 0 fully saturated rings. The summed E-state index contributed by atoms with van der Waals surface area (Å²) in [5, 5.41) is 0.723. The van der Waals surface area contributed by atoms with Crippen LogP contribution in [0.3, 0.4) is 0 Å². The summed E-state index contributed by atoms with van der Waals surface area (Å²) in [7, 11) is 0. The molecule has 2 nitrogen and oxygen atoms in total. The van der Waals surface area contributed by atoms with Crippen LogP contribution in [0.1, 0.15) is 18.4 Å². The van der Waals surface area contributed by atoms with E-state index in [1.807, 2.05) is 0 Å². The number of unbranched alkanes of at least 4 members (excludes halogenated alkanes) is 1. The summed E-state index contributed by atoms with van der Waals surface area (Å²) in [6.45, 7) is 0.566. The highest BCUT2D eigenvalue weighted by Crippen LogP contribution is 2.33. The third-order valence-corrected chi connectivity index (χ3v) is 3.95. The van der Waals surface area contributed by atoms with E-state index in [-0.39, 0.29) is 11.4 Å². The van der Waals surface area contributed by atoms with Crippen LogP contribution in [0.4, 0.5) is 13.2 Å². The summed E-state index contributed by atoms with van der Waals surface area (Å²) in [5.41, 5.74) is 7.94. The summed E-state index contributed by atoms with van der Waals surface area (Å²) < 4.78 is 40.9. The molecule has 0 aliphatic rings. The molecule has 3 aromatic rings. The molecule has 0 unspecified atom stereocenters. The van der Waals surface area contributed by atoms with Crippen LogP contribution in [0, 0.1) is 17.5 Å². The van der Waals surface area contributed by atoms with Crippen molar-refractivity contribution in [1.82, 2.24) is 4.98 Å². The van der Waals surface area contributed by atoms with Gasteiger partial charge >= 0.3 is 0 Å². The van der Waals surface area contributed by atoms with E-state index >= 15 is 0 Å². The number of rotatable bonds is 5. The number of fused-ring (bicyclic) bond motifs is 1. The second-order valence-corrected chi connectivity index (χ2v) is 5.54. The van der Waals surface area contributed by atoms with Gasteiger partial charge in [0.25, 0.3) is 0 Å². The zero-order valence-corrected chi connectivity index (χ0v) is 12.5. The Labute approximate surface area is 132 Å². The van der Waals surface area contributed by atoms with Crippen LogP contribution < -0.4 is 5.73 Å². The van der Waals surface area contributed by atoms with Gasteiger partial charge in [-0.3, -0.25) is 0 Å². The fourth-order valence-corrected chi connectivity index (χ4v) is 2.85. The Morgan fingerprint density at radius 1 is 0.913 bits per heavy atom. The normalized spacial score (nSPS) is 11.3. The molecule has 3 N–H and O–H groups in total. The first kappa shape index (κ1) is 15.6. The lowest BCUT2D eigenvalue weighted by atomic mass is 10.00. The van der Waals surface area contributed by atoms with Gasteiger partial charge in [-0.15, -0.1) is 0 Å². The zero-order chi connectivity index (χ0) is 16.4. The number of hydrogen-bond acceptors (Lipinski definition) is 1. The first-order chi connectivity index (χ1) is 11.1. The Morgan fingerprint density at radius 2 is 1.65 bits per heavy atom. The number of hydrogen-bond donors (Lipinski definition) is 2. The molecular formula is C18H17F3N2. The second kappa shape index (κ2) is 6.46. The molecule has 1 heterocycles. The molecule has 23 heavy (non-hydrogen) atoms. The van der Waals surface area contributed by atoms with E-state index in [4.69, 9.17) is 5.73 Å². The van der Waals surface area contributed by atoms with Crippen molar-refractivity contribution < 1.29 is 13.2 Å². The van der Waals surface area contributed by atoms with Gasteiger partial charge in [-0.05, 0) is 61.7 Å². The summed E-state index contributed by atoms with van der Waals surface area (Å²) in [6.07, 6.45) is 2.29. The maximum atomic E-state index is 14.2. The third kappa shape index (κ3) is 3.10. The molecule has 3 rings (SSSR count). The molecule has 0 aliphatic heterocycles. The number of halogens is 3. The number of nitrogens with one attached hydrogen (secondary N) is 1. The highest BCUT2D eigenvalue weighted by molar-refractivity contribution is 5.91. The Kier molecular flexibility index (Phi) is 4.39. The van der Waals surface area contributed by atoms with E-state index in [1.54, 1.807) is 6.07 Å². The van der Waals surface area contributed by atoms with Crippen LogP contribution in [0.15, 0.2) is 36.4 Å². The quantitative estimate of drug-likeness (QED) is 0.667. The number of aromatic nitrogens is 1. The van der Waals surface area contributed by atoms with Gasteiger partial charge < -0.3 is 10.7 Å². The molecule has 120 valence electrons. The molecule has 0 bridgehead atoms. The van der Waals surface area contributed by atoms with Crippen LogP contribution in [-0.2, 0) is 6.42 Å². The van der Waals surface area contributed by atoms with Gasteiger partial charge in [-0.1, -0.05) is 0 Å². The third-order valence-electron chi connectivity index (χ3n) is 3.95. The highest BCUT2D eigenvalue weighted by atomic mass is 19.1. The lowest BCUT2D eigenvalue weighted by Crippen LogP contribution is -1.99. The fraction of sp³-hybridized carbons (Fsp3) is 0.222. The van der Waals surface area contributed by atoms with Crippen molar-refractivity contribution in [2.24, 2.45) is 5.73 Å². The minimum Gasteiger partial charge on any atom is -0.354 e. The summed E-state index contributed by atoms with van der Waals surface area (Å²) >= 11 is 0. The molecule has 0 saturated heterocycles. The van der Waals surface area contributed by atoms with Crippen molar-refractivity contribution in [1.29, 1.82) is 0 Å². The first-order valence-corrected chi connectivity index (χ1v) is 7.55. The van der Waals surface area contributed by atoms with Crippen molar-refractivity contribution in [3.63, 3.8) is 0 Å². The standard InChI is InChI=1S/C18H17F3N2/c19-11-5-7-17-15(9-11)13(3-1-2-8-22)18(23-17)14-6-4-12(20)10-16(14)21/h4-7,9-10,23H,1-3,8,22H2. The smallest absolute Gasteiger partial charge is 0.135 e. The predicted octanol–water partition coefficient (Wildman–Crippen LogP) is 4.53. The number of nitrogens with two attached hydrogens (primary N) is 1. The zero-order valence-electron chi connectivity index (χ0n) is 12.5. The average molecular weight is 318 g/mol. The predicted molar refractivity (Wildman–Crippen MR) is 85.6 cm³/mol. The van der Waals surface area contributed by atoms with Gasteiger partial charge in [0, 0.05) is 22.5 Å². The summed E-state index contributed by atoms with van der Waals surface area (Å²) in [4.78, 5) is 3.13. The van der Waals surface area contributed by atoms with Crippen molar-refractivity contribution in [2.45, 2.75) is 19.3 Å². The van der Waals surface area contributed by atoms with Gasteiger partial charge in [-0.25, -0.2) is 13.2 Å². The number of benzene rings is 2. The van der Waals surface area contributed by atoms with Gasteiger partial charge in [0.15, 0.2) is 0 Å². The minimum atomic E-state index is -0.642. The Morgan fingerprint density at radius 3 is 2.39 bits per heavy atom. The van der Waals surface area contributed by atoms with Crippen molar-refractivity contribution in [3.05, 3.63) is 59.4 Å². The molecule has 0 aliphatic carbocycles. The maximum Gasteiger partial charge on any atom is 0.135 e. The molecular weight excluding hydrogens is 301 g/mol. The van der Waals surface area contributed by atoms with Crippen molar-refractivity contribution in [3.8, 4) is 11.3 Å². The molecule has 0 spiro atoms. The van der Waals surface area contributed by atoms with E-state index in [0.29, 0.717) is 18.7 Å².